The molecular weight excluding hydrogens is 226 g/mol. The Hall–Kier alpha value is -0.900. The Bertz CT molecular complexity index is 349. The molecule has 1 aliphatic rings. The van der Waals surface area contributed by atoms with E-state index in [2.05, 4.69) is 0 Å². The first-order valence-electron chi connectivity index (χ1n) is 6.84. The molecule has 1 unspecified atom stereocenters. The lowest BCUT2D eigenvalue weighted by Crippen LogP contribution is -2.36. The molecule has 1 aromatic rings. The third-order valence-corrected chi connectivity index (χ3v) is 3.82. The van der Waals surface area contributed by atoms with Crippen LogP contribution in [0.4, 0.5) is 0 Å². The van der Waals surface area contributed by atoms with E-state index in [0.717, 1.165) is 18.4 Å². The van der Waals surface area contributed by atoms with Crippen LogP contribution in [-0.4, -0.2) is 24.4 Å². The third kappa shape index (κ3) is 3.31. The van der Waals surface area contributed by atoms with Gasteiger partial charge in [-0.2, -0.15) is 0 Å². The van der Waals surface area contributed by atoms with Gasteiger partial charge < -0.3 is 15.6 Å². The smallest absolute Gasteiger partial charge is 0.104 e. The van der Waals surface area contributed by atoms with Crippen molar-refractivity contribution in [1.82, 2.24) is 0 Å². The average Bonchev–Trinajstić information content (AvgIpc) is 2.93. The molecule has 3 heteroatoms. The maximum Gasteiger partial charge on any atom is 0.104 e. The Morgan fingerprint density at radius 1 is 1.22 bits per heavy atom. The SMILES string of the molecule is NCC(O)(CCOC1CCCC1)c1ccccc1. The highest BCUT2D eigenvalue weighted by Gasteiger charge is 2.27. The molecule has 0 aromatic heterocycles. The number of rotatable bonds is 6. The molecule has 3 N–H and O–H groups in total. The number of benzene rings is 1. The van der Waals surface area contributed by atoms with E-state index in [0.29, 0.717) is 19.1 Å². The second-order valence-corrected chi connectivity index (χ2v) is 5.13. The first kappa shape index (κ1) is 13.5. The van der Waals surface area contributed by atoms with E-state index in [1.54, 1.807) is 0 Å². The lowest BCUT2D eigenvalue weighted by Gasteiger charge is -2.27. The molecule has 18 heavy (non-hydrogen) atoms. The molecule has 0 radical (unpaired) electrons. The van der Waals surface area contributed by atoms with Crippen molar-refractivity contribution in [2.75, 3.05) is 13.2 Å². The summed E-state index contributed by atoms with van der Waals surface area (Å²) in [5.41, 5.74) is 5.65. The molecular formula is C15H23NO2. The summed E-state index contributed by atoms with van der Waals surface area (Å²) < 4.78 is 5.81. The zero-order valence-electron chi connectivity index (χ0n) is 10.8. The first-order chi connectivity index (χ1) is 8.74. The van der Waals surface area contributed by atoms with E-state index >= 15 is 0 Å². The van der Waals surface area contributed by atoms with E-state index in [1.165, 1.54) is 12.8 Å². The van der Waals surface area contributed by atoms with E-state index < -0.39 is 5.60 Å². The minimum atomic E-state index is -0.958. The van der Waals surface area contributed by atoms with Crippen molar-refractivity contribution in [3.05, 3.63) is 35.9 Å². The number of ether oxygens (including phenoxy) is 1. The minimum absolute atomic E-state index is 0.227. The third-order valence-electron chi connectivity index (χ3n) is 3.82. The summed E-state index contributed by atoms with van der Waals surface area (Å²) in [6.45, 7) is 0.804. The fourth-order valence-electron chi connectivity index (χ4n) is 2.56. The van der Waals surface area contributed by atoms with Crippen molar-refractivity contribution in [3.63, 3.8) is 0 Å². The maximum absolute atomic E-state index is 10.6. The van der Waals surface area contributed by atoms with Crippen LogP contribution in [0.15, 0.2) is 30.3 Å². The van der Waals surface area contributed by atoms with Gasteiger partial charge in [0.2, 0.25) is 0 Å². The topological polar surface area (TPSA) is 55.5 Å². The normalized spacial score (nSPS) is 19.9. The average molecular weight is 249 g/mol. The molecule has 3 nitrogen and oxygen atoms in total. The van der Waals surface area contributed by atoms with Crippen LogP contribution in [0.5, 0.6) is 0 Å². The Morgan fingerprint density at radius 2 is 1.89 bits per heavy atom. The van der Waals surface area contributed by atoms with Gasteiger partial charge in [-0.3, -0.25) is 0 Å². The number of hydrogen-bond donors (Lipinski definition) is 2. The molecule has 0 spiro atoms. The van der Waals surface area contributed by atoms with Crippen molar-refractivity contribution in [2.24, 2.45) is 5.73 Å². The Labute approximate surface area is 109 Å². The molecule has 0 aliphatic heterocycles. The van der Waals surface area contributed by atoms with Crippen molar-refractivity contribution < 1.29 is 9.84 Å². The van der Waals surface area contributed by atoms with Crippen LogP contribution >= 0.6 is 0 Å². The lowest BCUT2D eigenvalue weighted by atomic mass is 9.91. The van der Waals surface area contributed by atoms with Gasteiger partial charge in [0.05, 0.1) is 12.7 Å². The minimum Gasteiger partial charge on any atom is -0.384 e. The second kappa shape index (κ2) is 6.32. The highest BCUT2D eigenvalue weighted by Crippen LogP contribution is 2.26. The van der Waals surface area contributed by atoms with Gasteiger partial charge in [0.1, 0.15) is 5.60 Å². The van der Waals surface area contributed by atoms with Crippen LogP contribution in [0.1, 0.15) is 37.7 Å². The van der Waals surface area contributed by atoms with Crippen LogP contribution in [0.25, 0.3) is 0 Å². The van der Waals surface area contributed by atoms with Crippen molar-refractivity contribution in [1.29, 1.82) is 0 Å². The van der Waals surface area contributed by atoms with Crippen LogP contribution in [0.3, 0.4) is 0 Å². The highest BCUT2D eigenvalue weighted by molar-refractivity contribution is 5.22. The largest absolute Gasteiger partial charge is 0.384 e. The molecule has 0 bridgehead atoms. The maximum atomic E-state index is 10.6. The zero-order valence-corrected chi connectivity index (χ0v) is 10.8. The number of hydrogen-bond acceptors (Lipinski definition) is 3. The fraction of sp³-hybridized carbons (Fsp3) is 0.600. The monoisotopic (exact) mass is 249 g/mol. The summed E-state index contributed by atoms with van der Waals surface area (Å²) >= 11 is 0. The lowest BCUT2D eigenvalue weighted by molar-refractivity contribution is -0.0174. The quantitative estimate of drug-likeness (QED) is 0.812. The van der Waals surface area contributed by atoms with Crippen molar-refractivity contribution in [3.8, 4) is 0 Å². The summed E-state index contributed by atoms with van der Waals surface area (Å²) in [6, 6.07) is 9.63. The van der Waals surface area contributed by atoms with Gasteiger partial charge in [0.25, 0.3) is 0 Å². The summed E-state index contributed by atoms with van der Waals surface area (Å²) in [6.07, 6.45) is 5.81. The van der Waals surface area contributed by atoms with Crippen molar-refractivity contribution >= 4 is 0 Å². The second-order valence-electron chi connectivity index (χ2n) is 5.13. The van der Waals surface area contributed by atoms with Gasteiger partial charge in [-0.25, -0.2) is 0 Å². The van der Waals surface area contributed by atoms with Crippen LogP contribution in [0.2, 0.25) is 0 Å². The summed E-state index contributed by atoms with van der Waals surface area (Å²) in [5, 5.41) is 10.6. The molecule has 1 aromatic carbocycles. The summed E-state index contributed by atoms with van der Waals surface area (Å²) in [4.78, 5) is 0. The van der Waals surface area contributed by atoms with Gasteiger partial charge in [-0.15, -0.1) is 0 Å². The van der Waals surface area contributed by atoms with Gasteiger partial charge in [-0.1, -0.05) is 43.2 Å². The highest BCUT2D eigenvalue weighted by atomic mass is 16.5. The summed E-state index contributed by atoms with van der Waals surface area (Å²) in [5.74, 6) is 0. The van der Waals surface area contributed by atoms with Gasteiger partial charge in [0.15, 0.2) is 0 Å². The van der Waals surface area contributed by atoms with Gasteiger partial charge >= 0.3 is 0 Å². The van der Waals surface area contributed by atoms with Gasteiger partial charge in [0, 0.05) is 13.0 Å². The molecule has 1 aliphatic carbocycles. The molecule has 0 heterocycles. The fourth-order valence-corrected chi connectivity index (χ4v) is 2.56. The predicted molar refractivity (Wildman–Crippen MR) is 72.2 cm³/mol. The predicted octanol–water partition coefficient (Wildman–Crippen LogP) is 2.18. The van der Waals surface area contributed by atoms with Crippen LogP contribution < -0.4 is 5.73 Å². The Balaban J connectivity index is 1.87. The molecule has 0 amide bonds. The van der Waals surface area contributed by atoms with E-state index in [4.69, 9.17) is 10.5 Å². The standard InChI is InChI=1S/C15H23NO2/c16-12-15(17,13-6-2-1-3-7-13)10-11-18-14-8-4-5-9-14/h1-3,6-7,14,17H,4-5,8-12,16H2. The number of nitrogens with two attached hydrogens (primary N) is 1. The first-order valence-corrected chi connectivity index (χ1v) is 6.84. The van der Waals surface area contributed by atoms with E-state index in [9.17, 15) is 5.11 Å². The van der Waals surface area contributed by atoms with Crippen molar-refractivity contribution in [2.45, 2.75) is 43.8 Å². The molecule has 100 valence electrons. The molecule has 1 fully saturated rings. The van der Waals surface area contributed by atoms with Crippen LogP contribution in [0, 0.1) is 0 Å². The summed E-state index contributed by atoms with van der Waals surface area (Å²) in [7, 11) is 0. The molecule has 2 rings (SSSR count). The molecule has 0 saturated heterocycles. The Kier molecular flexibility index (Phi) is 4.75. The number of aliphatic hydroxyl groups is 1. The van der Waals surface area contributed by atoms with E-state index in [-0.39, 0.29) is 6.54 Å². The van der Waals surface area contributed by atoms with Crippen LogP contribution in [-0.2, 0) is 10.3 Å². The van der Waals surface area contributed by atoms with Gasteiger partial charge in [-0.05, 0) is 18.4 Å². The molecule has 1 saturated carbocycles. The zero-order chi connectivity index (χ0) is 12.8. The van der Waals surface area contributed by atoms with E-state index in [1.807, 2.05) is 30.3 Å². The Morgan fingerprint density at radius 3 is 2.50 bits per heavy atom. The molecule has 1 atom stereocenters.